The molecule has 1 atom stereocenters. The molecule has 5 nitrogen and oxygen atoms in total. The fraction of sp³-hybridized carbons (Fsp3) is 0.933. The van der Waals surface area contributed by atoms with E-state index in [-0.39, 0.29) is 11.9 Å². The molecule has 2 heterocycles. The van der Waals surface area contributed by atoms with Gasteiger partial charge in [-0.15, -0.1) is 0 Å². The summed E-state index contributed by atoms with van der Waals surface area (Å²) < 4.78 is 5.41. The first-order chi connectivity index (χ1) is 9.84. The largest absolute Gasteiger partial charge is 0.378 e. The molecule has 0 aromatic heterocycles. The molecule has 20 heavy (non-hydrogen) atoms. The zero-order valence-electron chi connectivity index (χ0n) is 12.4. The second-order valence-electron chi connectivity index (χ2n) is 6.23. The monoisotopic (exact) mass is 281 g/mol. The summed E-state index contributed by atoms with van der Waals surface area (Å²) in [5, 5.41) is 3.27. The first-order valence-electron chi connectivity index (χ1n) is 8.18. The lowest BCUT2D eigenvalue weighted by atomic mass is 10.2. The first kappa shape index (κ1) is 14.3. The third-order valence-corrected chi connectivity index (χ3v) is 4.90. The second kappa shape index (κ2) is 6.87. The van der Waals surface area contributed by atoms with Crippen LogP contribution in [-0.4, -0.2) is 73.7 Å². The lowest BCUT2D eigenvalue weighted by molar-refractivity contribution is -0.136. The van der Waals surface area contributed by atoms with Crippen LogP contribution in [0.1, 0.15) is 32.1 Å². The van der Waals surface area contributed by atoms with Crippen LogP contribution in [0.5, 0.6) is 0 Å². The molecule has 2 aliphatic heterocycles. The summed E-state index contributed by atoms with van der Waals surface area (Å²) in [6.45, 7) is 6.03. The summed E-state index contributed by atoms with van der Waals surface area (Å²) in [7, 11) is 0. The Bertz CT molecular complexity index is 325. The predicted molar refractivity (Wildman–Crippen MR) is 77.6 cm³/mol. The Morgan fingerprint density at radius 1 is 1.05 bits per heavy atom. The maximum Gasteiger partial charge on any atom is 0.242 e. The van der Waals surface area contributed by atoms with Crippen LogP contribution in [0.3, 0.4) is 0 Å². The Labute approximate surface area is 121 Å². The molecule has 5 heteroatoms. The van der Waals surface area contributed by atoms with Gasteiger partial charge < -0.3 is 15.0 Å². The van der Waals surface area contributed by atoms with Crippen LogP contribution in [0.4, 0.5) is 0 Å². The van der Waals surface area contributed by atoms with E-state index in [2.05, 4.69) is 10.2 Å². The molecule has 3 rings (SSSR count). The number of nitrogens with one attached hydrogen (secondary N) is 1. The standard InChI is InChI=1S/C15H27N3O2/c19-15(14-12-20-11-6-16-14)18-8-3-7-17(9-10-18)13-4-1-2-5-13/h13-14,16H,1-12H2. The summed E-state index contributed by atoms with van der Waals surface area (Å²) in [4.78, 5) is 17.2. The van der Waals surface area contributed by atoms with Gasteiger partial charge in [0.05, 0.1) is 13.2 Å². The van der Waals surface area contributed by atoms with E-state index in [4.69, 9.17) is 4.74 Å². The van der Waals surface area contributed by atoms with E-state index in [0.717, 1.165) is 51.8 Å². The number of morpholine rings is 1. The van der Waals surface area contributed by atoms with Crippen LogP contribution >= 0.6 is 0 Å². The van der Waals surface area contributed by atoms with Crippen molar-refractivity contribution >= 4 is 5.91 Å². The SMILES string of the molecule is O=C(C1COCCN1)N1CCCN(C2CCCC2)CC1. The van der Waals surface area contributed by atoms with Crippen molar-refractivity contribution in [2.75, 3.05) is 45.9 Å². The maximum absolute atomic E-state index is 12.5. The van der Waals surface area contributed by atoms with Crippen molar-refractivity contribution in [3.63, 3.8) is 0 Å². The molecule has 1 aliphatic carbocycles. The minimum absolute atomic E-state index is 0.123. The fourth-order valence-corrected chi connectivity index (χ4v) is 3.74. The number of ether oxygens (including phenoxy) is 1. The number of carbonyl (C=O) groups is 1. The van der Waals surface area contributed by atoms with Crippen molar-refractivity contribution in [1.29, 1.82) is 0 Å². The van der Waals surface area contributed by atoms with Crippen LogP contribution in [0.2, 0.25) is 0 Å². The lowest BCUT2D eigenvalue weighted by Crippen LogP contribution is -2.53. The van der Waals surface area contributed by atoms with Crippen LogP contribution in [-0.2, 0) is 9.53 Å². The Balaban J connectivity index is 1.52. The average molecular weight is 281 g/mol. The van der Waals surface area contributed by atoms with E-state index in [1.54, 1.807) is 0 Å². The zero-order chi connectivity index (χ0) is 13.8. The number of hydrogen-bond donors (Lipinski definition) is 1. The number of hydrogen-bond acceptors (Lipinski definition) is 4. The van der Waals surface area contributed by atoms with Gasteiger partial charge in [0.2, 0.25) is 5.91 Å². The summed E-state index contributed by atoms with van der Waals surface area (Å²) in [5.74, 6) is 0.234. The van der Waals surface area contributed by atoms with E-state index in [1.807, 2.05) is 4.90 Å². The maximum atomic E-state index is 12.5. The molecule has 1 unspecified atom stereocenters. The Kier molecular flexibility index (Phi) is 4.91. The molecule has 1 amide bonds. The Hall–Kier alpha value is -0.650. The minimum Gasteiger partial charge on any atom is -0.378 e. The number of rotatable bonds is 2. The average Bonchev–Trinajstić information content (AvgIpc) is 2.92. The second-order valence-corrected chi connectivity index (χ2v) is 6.23. The Morgan fingerprint density at radius 3 is 2.65 bits per heavy atom. The fourth-order valence-electron chi connectivity index (χ4n) is 3.74. The molecule has 114 valence electrons. The smallest absolute Gasteiger partial charge is 0.242 e. The van der Waals surface area contributed by atoms with Crippen molar-refractivity contribution in [2.45, 2.75) is 44.2 Å². The van der Waals surface area contributed by atoms with E-state index in [0.29, 0.717) is 6.61 Å². The number of carbonyl (C=O) groups excluding carboxylic acids is 1. The molecule has 3 aliphatic rings. The van der Waals surface area contributed by atoms with Crippen LogP contribution < -0.4 is 5.32 Å². The molecular weight excluding hydrogens is 254 g/mol. The van der Waals surface area contributed by atoms with Gasteiger partial charge in [-0.1, -0.05) is 12.8 Å². The highest BCUT2D eigenvalue weighted by Gasteiger charge is 2.29. The molecule has 0 bridgehead atoms. The van der Waals surface area contributed by atoms with E-state index in [1.165, 1.54) is 25.7 Å². The zero-order valence-corrected chi connectivity index (χ0v) is 12.4. The molecule has 0 spiro atoms. The van der Waals surface area contributed by atoms with E-state index in [9.17, 15) is 4.79 Å². The van der Waals surface area contributed by atoms with Gasteiger partial charge >= 0.3 is 0 Å². The van der Waals surface area contributed by atoms with Crippen LogP contribution in [0.15, 0.2) is 0 Å². The van der Waals surface area contributed by atoms with E-state index >= 15 is 0 Å². The highest BCUT2D eigenvalue weighted by atomic mass is 16.5. The molecule has 1 N–H and O–H groups in total. The highest BCUT2D eigenvalue weighted by molar-refractivity contribution is 5.82. The summed E-state index contributed by atoms with van der Waals surface area (Å²) in [6, 6.07) is 0.656. The third kappa shape index (κ3) is 3.32. The third-order valence-electron chi connectivity index (χ3n) is 4.90. The molecule has 2 saturated heterocycles. The van der Waals surface area contributed by atoms with Gasteiger partial charge in [0.25, 0.3) is 0 Å². The molecule has 1 saturated carbocycles. The summed E-state index contributed by atoms with van der Waals surface area (Å²) >= 11 is 0. The van der Waals surface area contributed by atoms with Crippen molar-refractivity contribution in [1.82, 2.24) is 15.1 Å². The molecule has 0 radical (unpaired) electrons. The number of amides is 1. The van der Waals surface area contributed by atoms with E-state index < -0.39 is 0 Å². The molecule has 0 aromatic rings. The normalized spacial score (nSPS) is 30.4. The van der Waals surface area contributed by atoms with Gasteiger partial charge in [-0.2, -0.15) is 0 Å². The summed E-state index contributed by atoms with van der Waals surface area (Å²) in [6.07, 6.45) is 6.58. The molecule has 3 fully saturated rings. The van der Waals surface area contributed by atoms with Gasteiger partial charge in [0, 0.05) is 38.8 Å². The Morgan fingerprint density at radius 2 is 1.90 bits per heavy atom. The van der Waals surface area contributed by atoms with Gasteiger partial charge in [0.15, 0.2) is 0 Å². The lowest BCUT2D eigenvalue weighted by Gasteiger charge is -2.30. The quantitative estimate of drug-likeness (QED) is 0.798. The van der Waals surface area contributed by atoms with Crippen molar-refractivity contribution in [2.24, 2.45) is 0 Å². The minimum atomic E-state index is -0.123. The predicted octanol–water partition coefficient (Wildman–Crippen LogP) is 0.452. The molecular formula is C15H27N3O2. The van der Waals surface area contributed by atoms with Crippen molar-refractivity contribution in [3.8, 4) is 0 Å². The van der Waals surface area contributed by atoms with Gasteiger partial charge in [-0.3, -0.25) is 9.69 Å². The van der Waals surface area contributed by atoms with Crippen molar-refractivity contribution < 1.29 is 9.53 Å². The van der Waals surface area contributed by atoms with Crippen LogP contribution in [0, 0.1) is 0 Å². The molecule has 0 aromatic carbocycles. The van der Waals surface area contributed by atoms with Crippen LogP contribution in [0.25, 0.3) is 0 Å². The van der Waals surface area contributed by atoms with Gasteiger partial charge in [-0.25, -0.2) is 0 Å². The summed E-state index contributed by atoms with van der Waals surface area (Å²) in [5.41, 5.74) is 0. The van der Waals surface area contributed by atoms with Crippen molar-refractivity contribution in [3.05, 3.63) is 0 Å². The first-order valence-corrected chi connectivity index (χ1v) is 8.18. The highest BCUT2D eigenvalue weighted by Crippen LogP contribution is 2.24. The van der Waals surface area contributed by atoms with Gasteiger partial charge in [-0.05, 0) is 19.3 Å². The van der Waals surface area contributed by atoms with Gasteiger partial charge in [0.1, 0.15) is 6.04 Å². The topological polar surface area (TPSA) is 44.8 Å². The number of nitrogens with zero attached hydrogens (tertiary/aromatic N) is 2.